The molecule has 30 heavy (non-hydrogen) atoms. The van der Waals surface area contributed by atoms with Gasteiger partial charge in [-0.05, 0) is 43.6 Å². The minimum Gasteiger partial charge on any atom is -0.480 e. The Hall–Kier alpha value is -1.85. The zero-order chi connectivity index (χ0) is 22.8. The lowest BCUT2D eigenvalue weighted by Crippen LogP contribution is -2.58. The van der Waals surface area contributed by atoms with E-state index in [9.17, 15) is 29.4 Å². The number of carboxylic acids is 1. The molecule has 1 fully saturated rings. The smallest absolute Gasteiger partial charge is 0.326 e. The second kappa shape index (κ2) is 12.8. The van der Waals surface area contributed by atoms with Crippen LogP contribution in [0, 0.1) is 5.92 Å². The summed E-state index contributed by atoms with van der Waals surface area (Å²) in [5.74, 6) is -2.07. The van der Waals surface area contributed by atoms with Gasteiger partial charge in [0.1, 0.15) is 18.1 Å². The van der Waals surface area contributed by atoms with Crippen LogP contribution in [0.25, 0.3) is 0 Å². The van der Waals surface area contributed by atoms with Crippen molar-refractivity contribution < 1.29 is 29.4 Å². The molecule has 10 nitrogen and oxygen atoms in total. The normalized spacial score (nSPS) is 19.3. The van der Waals surface area contributed by atoms with Crippen LogP contribution in [0.2, 0.25) is 0 Å². The van der Waals surface area contributed by atoms with E-state index in [1.165, 1.54) is 0 Å². The summed E-state index contributed by atoms with van der Waals surface area (Å²) in [7, 11) is 0. The summed E-state index contributed by atoms with van der Waals surface area (Å²) in [6, 6.07) is -3.93. The molecule has 4 unspecified atom stereocenters. The van der Waals surface area contributed by atoms with Gasteiger partial charge in [0.05, 0.1) is 12.6 Å². The lowest BCUT2D eigenvalue weighted by molar-refractivity contribution is -0.150. The number of carbonyl (C=O) groups excluding carboxylic acids is 3. The number of aliphatic hydroxyl groups is 1. The minimum atomic E-state index is -1.28. The first kappa shape index (κ1) is 26.2. The number of nitrogens with zero attached hydrogens (tertiary/aromatic N) is 1. The third-order valence-corrected chi connectivity index (χ3v) is 5.57. The van der Waals surface area contributed by atoms with Gasteiger partial charge in [0.2, 0.25) is 17.7 Å². The first-order valence-electron chi connectivity index (χ1n) is 10.1. The average molecular weight is 447 g/mol. The molecule has 0 spiro atoms. The molecular formula is C19H34N4O6S. The maximum Gasteiger partial charge on any atom is 0.326 e. The van der Waals surface area contributed by atoms with E-state index in [1.54, 1.807) is 11.8 Å². The molecule has 3 amide bonds. The van der Waals surface area contributed by atoms with E-state index in [0.29, 0.717) is 31.4 Å². The Morgan fingerprint density at radius 1 is 1.17 bits per heavy atom. The minimum absolute atomic E-state index is 0.0710. The van der Waals surface area contributed by atoms with Crippen LogP contribution in [0.4, 0.5) is 0 Å². The van der Waals surface area contributed by atoms with Crippen molar-refractivity contribution in [3.8, 4) is 0 Å². The first-order valence-corrected chi connectivity index (χ1v) is 11.5. The van der Waals surface area contributed by atoms with Crippen LogP contribution in [0.5, 0.6) is 0 Å². The van der Waals surface area contributed by atoms with Crippen LogP contribution in [-0.2, 0) is 19.2 Å². The molecule has 0 aromatic heterocycles. The number of likely N-dealkylation sites (tertiary alicyclic amines) is 1. The van der Waals surface area contributed by atoms with E-state index in [1.807, 2.05) is 20.1 Å². The number of aliphatic hydroxyl groups excluding tert-OH is 1. The fourth-order valence-electron chi connectivity index (χ4n) is 3.30. The average Bonchev–Trinajstić information content (AvgIpc) is 3.18. The number of rotatable bonds is 12. The number of hydrogen-bond donors (Lipinski definition) is 5. The molecule has 1 rings (SSSR count). The molecule has 0 aliphatic carbocycles. The number of thioether (sulfide) groups is 1. The second-order valence-electron chi connectivity index (χ2n) is 7.85. The fraction of sp³-hybridized carbons (Fsp3) is 0.789. The number of hydrogen-bond acceptors (Lipinski definition) is 7. The highest BCUT2D eigenvalue weighted by molar-refractivity contribution is 7.98. The summed E-state index contributed by atoms with van der Waals surface area (Å²) in [4.78, 5) is 50.3. The summed E-state index contributed by atoms with van der Waals surface area (Å²) < 4.78 is 0. The lowest BCUT2D eigenvalue weighted by Gasteiger charge is -2.28. The van der Waals surface area contributed by atoms with Crippen LogP contribution in [-0.4, -0.2) is 88.1 Å². The maximum atomic E-state index is 12.8. The van der Waals surface area contributed by atoms with Gasteiger partial charge in [-0.2, -0.15) is 11.8 Å². The molecule has 11 heteroatoms. The second-order valence-corrected chi connectivity index (χ2v) is 8.84. The van der Waals surface area contributed by atoms with Gasteiger partial charge in [0, 0.05) is 6.54 Å². The molecule has 0 radical (unpaired) electrons. The Bertz CT molecular complexity index is 618. The highest BCUT2D eigenvalue weighted by Gasteiger charge is 2.38. The lowest BCUT2D eigenvalue weighted by atomic mass is 10.0. The number of amides is 3. The fourth-order valence-corrected chi connectivity index (χ4v) is 3.79. The number of aliphatic carboxylic acids is 1. The van der Waals surface area contributed by atoms with Gasteiger partial charge in [-0.25, -0.2) is 4.79 Å². The largest absolute Gasteiger partial charge is 0.480 e. The van der Waals surface area contributed by atoms with Gasteiger partial charge in [0.25, 0.3) is 0 Å². The summed E-state index contributed by atoms with van der Waals surface area (Å²) in [5.41, 5.74) is 5.87. The number of nitrogens with one attached hydrogen (secondary N) is 2. The van der Waals surface area contributed by atoms with Crippen molar-refractivity contribution in [2.75, 3.05) is 25.2 Å². The molecule has 0 saturated carbocycles. The van der Waals surface area contributed by atoms with Crippen molar-refractivity contribution in [2.45, 2.75) is 63.7 Å². The predicted octanol–water partition coefficient (Wildman–Crippen LogP) is -0.850. The van der Waals surface area contributed by atoms with Gasteiger partial charge in [-0.15, -0.1) is 0 Å². The van der Waals surface area contributed by atoms with E-state index in [-0.39, 0.29) is 12.5 Å². The summed E-state index contributed by atoms with van der Waals surface area (Å²) >= 11 is 1.56. The van der Waals surface area contributed by atoms with Crippen molar-refractivity contribution in [1.82, 2.24) is 15.5 Å². The van der Waals surface area contributed by atoms with Crippen molar-refractivity contribution in [2.24, 2.45) is 11.7 Å². The molecule has 172 valence electrons. The van der Waals surface area contributed by atoms with E-state index in [0.717, 1.165) is 4.90 Å². The molecule has 0 bridgehead atoms. The first-order chi connectivity index (χ1) is 14.1. The highest BCUT2D eigenvalue weighted by atomic mass is 32.2. The molecule has 0 aromatic carbocycles. The standard InChI is InChI=1S/C19H34N4O6S/c1-11(2)9-13(21-16(25)12(20)6-8-30-3)17(26)22-14(10-24)18(27)23-7-4-5-15(23)19(28)29/h11-15,24H,4-10,20H2,1-3H3,(H,21,25)(H,22,26)(H,28,29). The zero-order valence-corrected chi connectivity index (χ0v) is 18.6. The third kappa shape index (κ3) is 7.77. The Labute approximate surface area is 181 Å². The van der Waals surface area contributed by atoms with Crippen LogP contribution < -0.4 is 16.4 Å². The molecule has 1 heterocycles. The van der Waals surface area contributed by atoms with E-state index < -0.39 is 54.5 Å². The Morgan fingerprint density at radius 3 is 2.33 bits per heavy atom. The van der Waals surface area contributed by atoms with E-state index in [2.05, 4.69) is 10.6 Å². The molecule has 1 aliphatic heterocycles. The van der Waals surface area contributed by atoms with Crippen LogP contribution in [0.3, 0.4) is 0 Å². The molecule has 6 N–H and O–H groups in total. The molecule has 1 saturated heterocycles. The topological polar surface area (TPSA) is 162 Å². The van der Waals surface area contributed by atoms with Crippen molar-refractivity contribution in [3.63, 3.8) is 0 Å². The van der Waals surface area contributed by atoms with Gasteiger partial charge in [-0.3, -0.25) is 14.4 Å². The Kier molecular flexibility index (Phi) is 11.1. The van der Waals surface area contributed by atoms with E-state index in [4.69, 9.17) is 5.73 Å². The van der Waals surface area contributed by atoms with Crippen LogP contribution in [0.1, 0.15) is 39.5 Å². The maximum absolute atomic E-state index is 12.8. The quantitative estimate of drug-likeness (QED) is 0.259. The van der Waals surface area contributed by atoms with Crippen molar-refractivity contribution in [3.05, 3.63) is 0 Å². The summed E-state index contributed by atoms with van der Waals surface area (Å²) in [6.45, 7) is 3.34. The molecule has 4 atom stereocenters. The van der Waals surface area contributed by atoms with Crippen LogP contribution in [0.15, 0.2) is 0 Å². The number of carbonyl (C=O) groups is 4. The molecular weight excluding hydrogens is 412 g/mol. The third-order valence-electron chi connectivity index (χ3n) is 4.93. The monoisotopic (exact) mass is 446 g/mol. The van der Waals surface area contributed by atoms with Crippen molar-refractivity contribution in [1.29, 1.82) is 0 Å². The number of carboxylic acid groups (broad SMARTS) is 1. The summed E-state index contributed by atoms with van der Waals surface area (Å²) in [6.07, 6.45) is 3.55. The SMILES string of the molecule is CSCCC(N)C(=O)NC(CC(C)C)C(=O)NC(CO)C(=O)N1CCCC1C(=O)O. The van der Waals surface area contributed by atoms with Gasteiger partial charge < -0.3 is 31.5 Å². The Morgan fingerprint density at radius 2 is 1.80 bits per heavy atom. The van der Waals surface area contributed by atoms with E-state index >= 15 is 0 Å². The van der Waals surface area contributed by atoms with Gasteiger partial charge >= 0.3 is 5.97 Å². The van der Waals surface area contributed by atoms with Crippen LogP contribution >= 0.6 is 11.8 Å². The zero-order valence-electron chi connectivity index (χ0n) is 17.8. The predicted molar refractivity (Wildman–Crippen MR) is 114 cm³/mol. The molecule has 0 aromatic rings. The summed E-state index contributed by atoms with van der Waals surface area (Å²) in [5, 5.41) is 24.0. The van der Waals surface area contributed by atoms with Gasteiger partial charge in [-0.1, -0.05) is 13.8 Å². The highest BCUT2D eigenvalue weighted by Crippen LogP contribution is 2.18. The van der Waals surface area contributed by atoms with Gasteiger partial charge in [0.15, 0.2) is 0 Å². The van der Waals surface area contributed by atoms with Crippen molar-refractivity contribution >= 4 is 35.5 Å². The Balaban J connectivity index is 2.83. The number of nitrogens with two attached hydrogens (primary N) is 1. The molecule has 1 aliphatic rings.